The lowest BCUT2D eigenvalue weighted by atomic mass is 9.84. The number of aliphatic imine (C=N–C) groups is 1. The van der Waals surface area contributed by atoms with Gasteiger partial charge in [-0.3, -0.25) is 4.79 Å². The molecule has 144 valence electrons. The van der Waals surface area contributed by atoms with E-state index in [4.69, 9.17) is 17.3 Å². The van der Waals surface area contributed by atoms with Gasteiger partial charge in [-0.25, -0.2) is 4.99 Å². The Morgan fingerprint density at radius 2 is 2.11 bits per heavy atom. The van der Waals surface area contributed by atoms with Crippen LogP contribution in [0.2, 0.25) is 5.02 Å². The number of carbonyl (C=O) groups excluding carboxylic acids is 1. The van der Waals surface area contributed by atoms with E-state index in [1.165, 1.54) is 0 Å². The predicted octanol–water partition coefficient (Wildman–Crippen LogP) is 5.54. The normalized spacial score (nSPS) is 16.8. The molecule has 2 rings (SSSR count). The fraction of sp³-hybridized carbons (Fsp3) is 0.364. The van der Waals surface area contributed by atoms with Gasteiger partial charge in [0.1, 0.15) is 5.84 Å². The number of nitrogens with zero attached hydrogens (tertiary/aromatic N) is 2. The number of allylic oxidation sites excluding steroid dienone is 1. The lowest BCUT2D eigenvalue weighted by Gasteiger charge is -2.29. The van der Waals surface area contributed by atoms with Crippen molar-refractivity contribution < 1.29 is 4.79 Å². The Labute approximate surface area is 167 Å². The van der Waals surface area contributed by atoms with Crippen LogP contribution in [0.5, 0.6) is 0 Å². The first kappa shape index (κ1) is 21.0. The van der Waals surface area contributed by atoms with E-state index in [0.717, 1.165) is 41.7 Å². The van der Waals surface area contributed by atoms with Crippen molar-refractivity contribution in [1.82, 2.24) is 4.90 Å². The molecule has 5 heteroatoms. The minimum Gasteiger partial charge on any atom is -0.382 e. The molecule has 0 saturated heterocycles. The molecule has 1 aliphatic rings. The molecule has 0 radical (unpaired) electrons. The number of amidine groups is 1. The standard InChI is InChI=1S/C22H28ClN3O/c1-6-9-16-12-17(15(5)27)13-18(23)20(16)19(14(4)7-2)21-22(24)25-10-11-26(21)8-3/h8,10-14H,3,6-7,9H2,1-2,4-5H3,(H2,24,25)/b21-19+. The third kappa shape index (κ3) is 4.33. The van der Waals surface area contributed by atoms with Crippen molar-refractivity contribution in [3.05, 3.63) is 64.7 Å². The van der Waals surface area contributed by atoms with Crippen molar-refractivity contribution in [1.29, 1.82) is 0 Å². The van der Waals surface area contributed by atoms with Gasteiger partial charge in [-0.1, -0.05) is 45.4 Å². The molecular weight excluding hydrogens is 358 g/mol. The molecule has 1 heterocycles. The quantitative estimate of drug-likeness (QED) is 0.627. The van der Waals surface area contributed by atoms with Gasteiger partial charge >= 0.3 is 0 Å². The van der Waals surface area contributed by atoms with Crippen molar-refractivity contribution >= 4 is 28.8 Å². The van der Waals surface area contributed by atoms with Crippen molar-refractivity contribution in [2.24, 2.45) is 16.6 Å². The van der Waals surface area contributed by atoms with Crippen LogP contribution in [0.15, 0.2) is 48.0 Å². The van der Waals surface area contributed by atoms with E-state index in [1.54, 1.807) is 25.4 Å². The lowest BCUT2D eigenvalue weighted by Crippen LogP contribution is -2.29. The van der Waals surface area contributed by atoms with E-state index in [9.17, 15) is 4.79 Å². The molecule has 1 aromatic carbocycles. The highest BCUT2D eigenvalue weighted by Gasteiger charge is 2.26. The molecule has 27 heavy (non-hydrogen) atoms. The second kappa shape index (κ2) is 9.05. The number of hydrogen-bond donors (Lipinski definition) is 1. The maximum absolute atomic E-state index is 11.9. The molecule has 2 N–H and O–H groups in total. The first-order valence-corrected chi connectivity index (χ1v) is 9.72. The number of benzene rings is 1. The van der Waals surface area contributed by atoms with Crippen LogP contribution >= 0.6 is 11.6 Å². The van der Waals surface area contributed by atoms with Crippen LogP contribution in [0.25, 0.3) is 5.57 Å². The molecule has 4 nitrogen and oxygen atoms in total. The summed E-state index contributed by atoms with van der Waals surface area (Å²) in [5, 5.41) is 0.570. The van der Waals surface area contributed by atoms with Crippen molar-refractivity contribution in [3.8, 4) is 0 Å². The summed E-state index contributed by atoms with van der Waals surface area (Å²) < 4.78 is 0. The fourth-order valence-electron chi connectivity index (χ4n) is 3.32. The number of rotatable bonds is 7. The highest BCUT2D eigenvalue weighted by atomic mass is 35.5. The molecule has 1 unspecified atom stereocenters. The molecule has 1 aromatic rings. The molecule has 0 amide bonds. The van der Waals surface area contributed by atoms with Gasteiger partial charge in [0.15, 0.2) is 5.78 Å². The number of nitrogens with two attached hydrogens (primary N) is 1. The van der Waals surface area contributed by atoms with E-state index < -0.39 is 0 Å². The van der Waals surface area contributed by atoms with E-state index in [2.05, 4.69) is 32.3 Å². The molecule has 1 aliphatic heterocycles. The Morgan fingerprint density at radius 3 is 2.67 bits per heavy atom. The minimum absolute atomic E-state index is 0.00735. The van der Waals surface area contributed by atoms with Crippen LogP contribution in [0.1, 0.15) is 62.0 Å². The van der Waals surface area contributed by atoms with Gasteiger partial charge in [-0.2, -0.15) is 0 Å². The maximum atomic E-state index is 11.9. The Kier molecular flexibility index (Phi) is 7.03. The van der Waals surface area contributed by atoms with Crippen LogP contribution in [-0.4, -0.2) is 16.5 Å². The predicted molar refractivity (Wildman–Crippen MR) is 115 cm³/mol. The SMILES string of the molecule is C=CN1C=CN=C(N)/C1=C(\c1c(Cl)cc(C(C)=O)cc1CCC)C(C)CC. The van der Waals surface area contributed by atoms with E-state index in [1.807, 2.05) is 17.2 Å². The summed E-state index contributed by atoms with van der Waals surface area (Å²) in [7, 11) is 0. The smallest absolute Gasteiger partial charge is 0.159 e. The third-order valence-corrected chi connectivity index (χ3v) is 5.16. The van der Waals surface area contributed by atoms with E-state index >= 15 is 0 Å². The average molecular weight is 386 g/mol. The van der Waals surface area contributed by atoms with E-state index in [0.29, 0.717) is 16.4 Å². The third-order valence-electron chi connectivity index (χ3n) is 4.87. The van der Waals surface area contributed by atoms with Gasteiger partial charge in [0, 0.05) is 34.7 Å². The van der Waals surface area contributed by atoms with Gasteiger partial charge in [-0.15, -0.1) is 0 Å². The molecule has 0 bridgehead atoms. The van der Waals surface area contributed by atoms with Gasteiger partial charge in [0.05, 0.1) is 5.70 Å². The number of hydrogen-bond acceptors (Lipinski definition) is 4. The zero-order valence-electron chi connectivity index (χ0n) is 16.6. The minimum atomic E-state index is 0.00735. The highest BCUT2D eigenvalue weighted by Crippen LogP contribution is 2.39. The summed E-state index contributed by atoms with van der Waals surface area (Å²) >= 11 is 6.74. The summed E-state index contributed by atoms with van der Waals surface area (Å²) in [4.78, 5) is 18.1. The molecule has 0 spiro atoms. The molecule has 0 aliphatic carbocycles. The zero-order chi connectivity index (χ0) is 20.1. The van der Waals surface area contributed by atoms with Gasteiger partial charge < -0.3 is 10.6 Å². The number of ketones is 1. The van der Waals surface area contributed by atoms with Crippen LogP contribution in [0.4, 0.5) is 0 Å². The summed E-state index contributed by atoms with van der Waals surface area (Å²) in [5.41, 5.74) is 10.8. The second-order valence-electron chi connectivity index (χ2n) is 6.77. The topological polar surface area (TPSA) is 58.7 Å². The van der Waals surface area contributed by atoms with Crippen LogP contribution in [0.3, 0.4) is 0 Å². The van der Waals surface area contributed by atoms with Crippen molar-refractivity contribution in [3.63, 3.8) is 0 Å². The summed E-state index contributed by atoms with van der Waals surface area (Å²) in [6.07, 6.45) is 7.89. The molecule has 0 saturated carbocycles. The lowest BCUT2D eigenvalue weighted by molar-refractivity contribution is 0.101. The summed E-state index contributed by atoms with van der Waals surface area (Å²) in [5.74, 6) is 0.633. The number of aryl methyl sites for hydroxylation is 1. The Morgan fingerprint density at radius 1 is 1.41 bits per heavy atom. The molecule has 0 fully saturated rings. The van der Waals surface area contributed by atoms with Crippen LogP contribution in [0, 0.1) is 5.92 Å². The number of carbonyl (C=O) groups is 1. The largest absolute Gasteiger partial charge is 0.382 e. The number of halogens is 1. The zero-order valence-corrected chi connectivity index (χ0v) is 17.3. The average Bonchev–Trinajstić information content (AvgIpc) is 2.64. The van der Waals surface area contributed by atoms with Gasteiger partial charge in [0.2, 0.25) is 0 Å². The van der Waals surface area contributed by atoms with Crippen molar-refractivity contribution in [2.75, 3.05) is 0 Å². The highest BCUT2D eigenvalue weighted by molar-refractivity contribution is 6.33. The molecule has 0 aromatic heterocycles. The Balaban J connectivity index is 2.88. The Hall–Kier alpha value is -2.33. The first-order valence-electron chi connectivity index (χ1n) is 9.34. The Bertz CT molecular complexity index is 836. The number of Topliss-reactive ketones (excluding diaryl/α,β-unsaturated/α-hetero) is 1. The van der Waals surface area contributed by atoms with Crippen LogP contribution < -0.4 is 5.73 Å². The van der Waals surface area contributed by atoms with Gasteiger partial charge in [0.25, 0.3) is 0 Å². The second-order valence-corrected chi connectivity index (χ2v) is 7.18. The summed E-state index contributed by atoms with van der Waals surface area (Å²) in [6.45, 7) is 11.9. The van der Waals surface area contributed by atoms with Crippen molar-refractivity contribution in [2.45, 2.75) is 47.0 Å². The fourth-order valence-corrected chi connectivity index (χ4v) is 3.66. The molecule has 1 atom stereocenters. The summed E-state index contributed by atoms with van der Waals surface area (Å²) in [6, 6.07) is 3.71. The monoisotopic (exact) mass is 385 g/mol. The van der Waals surface area contributed by atoms with Gasteiger partial charge in [-0.05, 0) is 49.0 Å². The van der Waals surface area contributed by atoms with Crippen LogP contribution in [-0.2, 0) is 6.42 Å². The van der Waals surface area contributed by atoms with E-state index in [-0.39, 0.29) is 11.7 Å². The maximum Gasteiger partial charge on any atom is 0.159 e. The molecular formula is C22H28ClN3O. The first-order chi connectivity index (χ1) is 12.8.